The summed E-state index contributed by atoms with van der Waals surface area (Å²) in [6.45, 7) is 2.29. The van der Waals surface area contributed by atoms with Crippen LogP contribution in [0.1, 0.15) is 40.7 Å². The highest BCUT2D eigenvalue weighted by Crippen LogP contribution is 2.38. The molecule has 1 unspecified atom stereocenters. The third kappa shape index (κ3) is 6.72. The minimum atomic E-state index is -0.792. The molecule has 1 saturated heterocycles. The summed E-state index contributed by atoms with van der Waals surface area (Å²) >= 11 is 0. The van der Waals surface area contributed by atoms with E-state index >= 15 is 0 Å². The van der Waals surface area contributed by atoms with Crippen molar-refractivity contribution in [3.05, 3.63) is 95.3 Å². The summed E-state index contributed by atoms with van der Waals surface area (Å²) in [6.07, 6.45) is 2.65. The van der Waals surface area contributed by atoms with Gasteiger partial charge in [0, 0.05) is 17.0 Å². The zero-order valence-corrected chi connectivity index (χ0v) is 22.7. The second-order valence-electron chi connectivity index (χ2n) is 9.66. The van der Waals surface area contributed by atoms with Gasteiger partial charge in [-0.1, -0.05) is 30.3 Å². The minimum absolute atomic E-state index is 0. The molecule has 0 amide bonds. The maximum absolute atomic E-state index is 13.2. The van der Waals surface area contributed by atoms with Crippen molar-refractivity contribution in [1.29, 1.82) is 5.26 Å². The van der Waals surface area contributed by atoms with E-state index in [-0.39, 0.29) is 29.9 Å². The van der Waals surface area contributed by atoms with E-state index in [0.29, 0.717) is 24.2 Å². The first kappa shape index (κ1) is 29.2. The first-order valence-electron chi connectivity index (χ1n) is 12.7. The molecule has 1 heterocycles. The fourth-order valence-electron chi connectivity index (χ4n) is 5.26. The quantitative estimate of drug-likeness (QED) is 0.286. The number of rotatable bonds is 10. The lowest BCUT2D eigenvalue weighted by Crippen LogP contribution is -2.40. The Kier molecular flexibility index (Phi) is 10.3. The van der Waals surface area contributed by atoms with E-state index in [1.807, 2.05) is 48.5 Å². The Morgan fingerprint density at radius 1 is 1.03 bits per heavy atom. The van der Waals surface area contributed by atoms with Gasteiger partial charge < -0.3 is 14.4 Å². The van der Waals surface area contributed by atoms with Crippen molar-refractivity contribution in [2.24, 2.45) is 5.92 Å². The van der Waals surface area contributed by atoms with Crippen LogP contribution in [0.4, 0.5) is 4.39 Å². The highest BCUT2D eigenvalue weighted by Gasteiger charge is 2.36. The first-order chi connectivity index (χ1) is 18.0. The number of nitrogens with zero attached hydrogens (tertiary/aromatic N) is 2. The molecule has 3 aromatic rings. The van der Waals surface area contributed by atoms with Crippen molar-refractivity contribution in [1.82, 2.24) is 4.90 Å². The van der Waals surface area contributed by atoms with Crippen LogP contribution >= 0.6 is 12.4 Å². The number of nitriles is 1. The molecule has 7 heteroatoms. The van der Waals surface area contributed by atoms with E-state index in [1.165, 1.54) is 12.1 Å². The SMILES string of the molecule is COc1cccc(CC(C#N)(CCN2CCC(C(=O)c3ccc(F)cc3)CC2)c2ccccc2OC)c1.Cl. The zero-order valence-electron chi connectivity index (χ0n) is 21.9. The zero-order chi connectivity index (χ0) is 26.3. The van der Waals surface area contributed by atoms with Gasteiger partial charge in [-0.25, -0.2) is 4.39 Å². The molecule has 0 radical (unpaired) electrons. The van der Waals surface area contributed by atoms with Crippen LogP contribution in [-0.4, -0.2) is 44.5 Å². The van der Waals surface area contributed by atoms with Crippen LogP contribution in [0.3, 0.4) is 0 Å². The Labute approximate surface area is 230 Å². The lowest BCUT2D eigenvalue weighted by molar-refractivity contribution is 0.0835. The number of hydrogen-bond acceptors (Lipinski definition) is 5. The van der Waals surface area contributed by atoms with Crippen LogP contribution in [0.5, 0.6) is 11.5 Å². The van der Waals surface area contributed by atoms with Crippen molar-refractivity contribution in [2.75, 3.05) is 33.9 Å². The molecule has 200 valence electrons. The Balaban J connectivity index is 0.00000400. The van der Waals surface area contributed by atoms with Gasteiger partial charge in [-0.05, 0) is 93.3 Å². The van der Waals surface area contributed by atoms with Gasteiger partial charge in [0.1, 0.15) is 17.3 Å². The van der Waals surface area contributed by atoms with E-state index in [1.54, 1.807) is 26.4 Å². The number of para-hydroxylation sites is 1. The van der Waals surface area contributed by atoms with Gasteiger partial charge in [0.2, 0.25) is 0 Å². The second kappa shape index (κ2) is 13.4. The summed E-state index contributed by atoms with van der Waals surface area (Å²) < 4.78 is 24.3. The lowest BCUT2D eigenvalue weighted by atomic mass is 9.73. The van der Waals surface area contributed by atoms with Crippen LogP contribution in [0.15, 0.2) is 72.8 Å². The van der Waals surface area contributed by atoms with Crippen LogP contribution in [0.25, 0.3) is 0 Å². The topological polar surface area (TPSA) is 62.6 Å². The van der Waals surface area contributed by atoms with Gasteiger partial charge in [-0.3, -0.25) is 4.79 Å². The average molecular weight is 537 g/mol. The Hall–Kier alpha value is -3.40. The first-order valence-corrected chi connectivity index (χ1v) is 12.7. The van der Waals surface area contributed by atoms with Gasteiger partial charge in [0.25, 0.3) is 0 Å². The second-order valence-corrected chi connectivity index (χ2v) is 9.66. The summed E-state index contributed by atoms with van der Waals surface area (Å²) in [6, 6.07) is 24.1. The number of ketones is 1. The van der Waals surface area contributed by atoms with Gasteiger partial charge in [-0.15, -0.1) is 12.4 Å². The van der Waals surface area contributed by atoms with Crippen molar-refractivity contribution in [3.8, 4) is 17.6 Å². The van der Waals surface area contributed by atoms with Crippen molar-refractivity contribution in [2.45, 2.75) is 31.1 Å². The van der Waals surface area contributed by atoms with E-state index in [9.17, 15) is 14.4 Å². The van der Waals surface area contributed by atoms with Gasteiger partial charge in [0.15, 0.2) is 5.78 Å². The Morgan fingerprint density at radius 2 is 1.74 bits per heavy atom. The highest BCUT2D eigenvalue weighted by molar-refractivity contribution is 5.97. The average Bonchev–Trinajstić information content (AvgIpc) is 2.95. The number of piperidine rings is 1. The van der Waals surface area contributed by atoms with Crippen molar-refractivity contribution < 1.29 is 18.7 Å². The van der Waals surface area contributed by atoms with Crippen molar-refractivity contribution in [3.63, 3.8) is 0 Å². The Bertz CT molecular complexity index is 1250. The summed E-state index contributed by atoms with van der Waals surface area (Å²) in [5.74, 6) is 1.15. The lowest BCUT2D eigenvalue weighted by Gasteiger charge is -2.35. The summed E-state index contributed by atoms with van der Waals surface area (Å²) in [5, 5.41) is 10.6. The number of halogens is 2. The fraction of sp³-hybridized carbons (Fsp3) is 0.355. The number of carbonyl (C=O) groups excluding carboxylic acids is 1. The minimum Gasteiger partial charge on any atom is -0.497 e. The molecule has 38 heavy (non-hydrogen) atoms. The third-order valence-corrected chi connectivity index (χ3v) is 7.42. The standard InChI is InChI=1S/C31H33FN2O3.ClH/c1-36-27-7-5-6-23(20-27)21-31(22-33,28-8-3-4-9-29(28)37-2)16-19-34-17-14-25(15-18-34)30(35)24-10-12-26(32)13-11-24;/h3-13,20,25H,14-19,21H2,1-2H3;1H. The number of hydrogen-bond donors (Lipinski definition) is 0. The molecule has 0 aromatic heterocycles. The fourth-order valence-corrected chi connectivity index (χ4v) is 5.26. The molecule has 4 rings (SSSR count). The van der Waals surface area contributed by atoms with Crippen LogP contribution in [-0.2, 0) is 11.8 Å². The maximum atomic E-state index is 13.2. The van der Waals surface area contributed by atoms with Crippen LogP contribution in [0, 0.1) is 23.1 Å². The predicted molar refractivity (Wildman–Crippen MR) is 149 cm³/mol. The molecule has 1 atom stereocenters. The molecular weight excluding hydrogens is 503 g/mol. The van der Waals surface area contributed by atoms with Crippen LogP contribution < -0.4 is 9.47 Å². The van der Waals surface area contributed by atoms with Gasteiger partial charge >= 0.3 is 0 Å². The molecule has 0 bridgehead atoms. The third-order valence-electron chi connectivity index (χ3n) is 7.42. The van der Waals surface area contributed by atoms with Gasteiger partial charge in [-0.2, -0.15) is 5.26 Å². The van der Waals surface area contributed by atoms with E-state index in [4.69, 9.17) is 9.47 Å². The summed E-state index contributed by atoms with van der Waals surface area (Å²) in [4.78, 5) is 15.2. The summed E-state index contributed by atoms with van der Waals surface area (Å²) in [5.41, 5.74) is 1.68. The van der Waals surface area contributed by atoms with E-state index < -0.39 is 5.41 Å². The summed E-state index contributed by atoms with van der Waals surface area (Å²) in [7, 11) is 3.27. The van der Waals surface area contributed by atoms with Gasteiger partial charge in [0.05, 0.1) is 25.7 Å². The number of ether oxygens (including phenoxy) is 2. The van der Waals surface area contributed by atoms with Crippen LogP contribution in [0.2, 0.25) is 0 Å². The van der Waals surface area contributed by atoms with Crippen molar-refractivity contribution >= 4 is 18.2 Å². The van der Waals surface area contributed by atoms with E-state index in [0.717, 1.165) is 49.4 Å². The molecule has 0 saturated carbocycles. The smallest absolute Gasteiger partial charge is 0.166 e. The highest BCUT2D eigenvalue weighted by atomic mass is 35.5. The number of carbonyl (C=O) groups is 1. The molecule has 3 aromatic carbocycles. The number of benzene rings is 3. The largest absolute Gasteiger partial charge is 0.497 e. The Morgan fingerprint density at radius 3 is 2.39 bits per heavy atom. The normalized spacial score (nSPS) is 15.5. The molecule has 5 nitrogen and oxygen atoms in total. The number of likely N-dealkylation sites (tertiary alicyclic amines) is 1. The molecule has 0 spiro atoms. The molecule has 1 fully saturated rings. The maximum Gasteiger partial charge on any atom is 0.166 e. The molecule has 0 N–H and O–H groups in total. The molecule has 1 aliphatic heterocycles. The number of Topliss-reactive ketones (excluding diaryl/α,β-unsaturated/α-hetero) is 1. The predicted octanol–water partition coefficient (Wildman–Crippen LogP) is 6.25. The molecular formula is C31H34ClFN2O3. The van der Waals surface area contributed by atoms with E-state index in [2.05, 4.69) is 11.0 Å². The molecule has 1 aliphatic rings. The number of methoxy groups -OCH3 is 2. The molecule has 0 aliphatic carbocycles. The monoisotopic (exact) mass is 536 g/mol.